The quantitative estimate of drug-likeness (QED) is 0.190. The highest BCUT2D eigenvalue weighted by molar-refractivity contribution is 5.84. The van der Waals surface area contributed by atoms with E-state index in [1.54, 1.807) is 11.3 Å². The molecule has 40 heavy (non-hydrogen) atoms. The van der Waals surface area contributed by atoms with Gasteiger partial charge in [-0.3, -0.25) is 9.59 Å². The van der Waals surface area contributed by atoms with Crippen LogP contribution in [-0.2, 0) is 6.18 Å². The Balaban J connectivity index is 0.000000389. The summed E-state index contributed by atoms with van der Waals surface area (Å²) in [5.74, 6) is -4.06. The van der Waals surface area contributed by atoms with Gasteiger partial charge >= 0.3 is 6.18 Å². The highest BCUT2D eigenvalue weighted by Gasteiger charge is 2.37. The van der Waals surface area contributed by atoms with Crippen LogP contribution in [0.1, 0.15) is 59.7 Å². The molecule has 0 amide bonds. The summed E-state index contributed by atoms with van der Waals surface area (Å²) in [4.78, 5) is 31.0. The third kappa shape index (κ3) is 8.35. The molecule has 0 bridgehead atoms. The number of aldehydes is 1. The third-order valence-corrected chi connectivity index (χ3v) is 5.30. The molecule has 15 heteroatoms. The standard InChI is InChI=1S/C20H21F4N3O.C5H3F3N2O2/c1-3-4-5-7-27(2)8-6-13-9-15(17(21)18(22)16(13)12-28)20-25-10-14(11-26-20)19(23)24;6-5(7,8)3-2(11)1-9-10-4(3)12/h6,8-12,19H,3-5,7H2,1-2H3;1H,(H2,10,11,12)/b8-6-;. The van der Waals surface area contributed by atoms with Gasteiger partial charge in [0.15, 0.2) is 35.1 Å². The van der Waals surface area contributed by atoms with Crippen molar-refractivity contribution in [2.24, 2.45) is 0 Å². The summed E-state index contributed by atoms with van der Waals surface area (Å²) < 4.78 is 89.7. The van der Waals surface area contributed by atoms with Crippen molar-refractivity contribution in [2.75, 3.05) is 13.6 Å². The minimum Gasteiger partial charge on any atom is -0.505 e. The number of nitrogens with one attached hydrogen (secondary N) is 1. The van der Waals surface area contributed by atoms with E-state index in [0.29, 0.717) is 6.20 Å². The van der Waals surface area contributed by atoms with Crippen LogP contribution in [0.25, 0.3) is 17.5 Å². The van der Waals surface area contributed by atoms with Gasteiger partial charge in [-0.25, -0.2) is 32.6 Å². The monoisotopic (exact) mass is 575 g/mol. The van der Waals surface area contributed by atoms with E-state index in [1.807, 2.05) is 11.9 Å². The lowest BCUT2D eigenvalue weighted by molar-refractivity contribution is -0.140. The number of H-pyrrole nitrogens is 1. The maximum atomic E-state index is 14.4. The maximum Gasteiger partial charge on any atom is 0.425 e. The number of nitrogens with zero attached hydrogens (tertiary/aromatic N) is 4. The van der Waals surface area contributed by atoms with Gasteiger partial charge in [0, 0.05) is 26.0 Å². The van der Waals surface area contributed by atoms with Crippen molar-refractivity contribution >= 4 is 12.4 Å². The average molecular weight is 575 g/mol. The van der Waals surface area contributed by atoms with Crippen LogP contribution in [0.15, 0.2) is 35.7 Å². The predicted octanol–water partition coefficient (Wildman–Crippen LogP) is 5.76. The van der Waals surface area contributed by atoms with Crippen LogP contribution < -0.4 is 5.56 Å². The van der Waals surface area contributed by atoms with Gasteiger partial charge in [-0.05, 0) is 30.3 Å². The predicted molar refractivity (Wildman–Crippen MR) is 130 cm³/mol. The van der Waals surface area contributed by atoms with Gasteiger partial charge in [0.05, 0.1) is 22.9 Å². The molecule has 3 aromatic rings. The molecule has 0 spiro atoms. The van der Waals surface area contributed by atoms with Crippen LogP contribution in [0.5, 0.6) is 5.75 Å². The number of aromatic nitrogens is 4. The summed E-state index contributed by atoms with van der Waals surface area (Å²) in [6, 6.07) is 1.23. The molecule has 0 atom stereocenters. The zero-order chi connectivity index (χ0) is 30.0. The van der Waals surface area contributed by atoms with Crippen LogP contribution in [0, 0.1) is 11.6 Å². The molecule has 0 radical (unpaired) electrons. The van der Waals surface area contributed by atoms with E-state index in [2.05, 4.69) is 22.0 Å². The normalized spacial score (nSPS) is 11.4. The maximum absolute atomic E-state index is 14.4. The minimum atomic E-state index is -4.86. The highest BCUT2D eigenvalue weighted by Crippen LogP contribution is 2.31. The molecule has 0 fully saturated rings. The summed E-state index contributed by atoms with van der Waals surface area (Å²) in [7, 11) is 1.83. The Labute approximate surface area is 223 Å². The molecule has 0 aliphatic heterocycles. The number of alkyl halides is 5. The fraction of sp³-hybridized carbons (Fsp3) is 0.320. The number of aromatic hydroxyl groups is 1. The zero-order valence-electron chi connectivity index (χ0n) is 21.1. The highest BCUT2D eigenvalue weighted by atomic mass is 19.4. The van der Waals surface area contributed by atoms with Gasteiger partial charge in [0.2, 0.25) is 0 Å². The Hall–Kier alpha value is -4.30. The number of carbonyl (C=O) groups excluding carboxylic acids is 1. The van der Waals surface area contributed by atoms with Gasteiger partial charge in [-0.1, -0.05) is 19.8 Å². The lowest BCUT2D eigenvalue weighted by Crippen LogP contribution is -2.22. The zero-order valence-corrected chi connectivity index (χ0v) is 21.1. The first-order valence-corrected chi connectivity index (χ1v) is 11.6. The fourth-order valence-electron chi connectivity index (χ4n) is 3.23. The molecular weight excluding hydrogens is 551 g/mol. The second-order valence-electron chi connectivity index (χ2n) is 8.27. The van der Waals surface area contributed by atoms with Crippen molar-refractivity contribution in [3.63, 3.8) is 0 Å². The summed E-state index contributed by atoms with van der Waals surface area (Å²) in [6.07, 6.45) is 1.12. The number of hydrogen-bond acceptors (Lipinski definition) is 7. The largest absolute Gasteiger partial charge is 0.505 e. The molecule has 0 aliphatic carbocycles. The molecule has 3 rings (SSSR count). The van der Waals surface area contributed by atoms with Crippen LogP contribution in [-0.4, -0.2) is 50.1 Å². The van der Waals surface area contributed by atoms with Crippen LogP contribution >= 0.6 is 0 Å². The Morgan fingerprint density at radius 1 is 1.10 bits per heavy atom. The number of hydrogen-bond donors (Lipinski definition) is 2. The third-order valence-electron chi connectivity index (χ3n) is 5.30. The van der Waals surface area contributed by atoms with Crippen molar-refractivity contribution in [1.82, 2.24) is 25.1 Å². The molecule has 0 saturated heterocycles. The van der Waals surface area contributed by atoms with Crippen molar-refractivity contribution in [3.05, 3.63) is 75.1 Å². The van der Waals surface area contributed by atoms with Gasteiger partial charge in [0.25, 0.3) is 12.0 Å². The number of aromatic amines is 1. The summed E-state index contributed by atoms with van der Waals surface area (Å²) >= 11 is 0. The van der Waals surface area contributed by atoms with E-state index in [-0.39, 0.29) is 23.2 Å². The first kappa shape index (κ1) is 31.9. The number of benzene rings is 1. The van der Waals surface area contributed by atoms with E-state index >= 15 is 0 Å². The van der Waals surface area contributed by atoms with E-state index in [1.165, 1.54) is 12.1 Å². The smallest absolute Gasteiger partial charge is 0.425 e. The lowest BCUT2D eigenvalue weighted by atomic mass is 10.0. The molecule has 216 valence electrons. The van der Waals surface area contributed by atoms with Crippen molar-refractivity contribution in [2.45, 2.75) is 38.8 Å². The number of rotatable bonds is 9. The van der Waals surface area contributed by atoms with Crippen molar-refractivity contribution in [3.8, 4) is 17.1 Å². The topological polar surface area (TPSA) is 112 Å². The summed E-state index contributed by atoms with van der Waals surface area (Å²) in [5.41, 5.74) is -4.10. The van der Waals surface area contributed by atoms with Crippen LogP contribution in [0.4, 0.5) is 30.7 Å². The van der Waals surface area contributed by atoms with E-state index in [4.69, 9.17) is 5.11 Å². The first-order valence-electron chi connectivity index (χ1n) is 11.6. The molecule has 0 unspecified atom stereocenters. The van der Waals surface area contributed by atoms with Gasteiger partial charge in [-0.2, -0.15) is 18.3 Å². The van der Waals surface area contributed by atoms with Gasteiger partial charge in [-0.15, -0.1) is 0 Å². The van der Waals surface area contributed by atoms with Crippen molar-refractivity contribution in [1.29, 1.82) is 0 Å². The Morgan fingerprint density at radius 3 is 2.25 bits per heavy atom. The molecule has 2 N–H and O–H groups in total. The molecule has 8 nitrogen and oxygen atoms in total. The Kier molecular flexibility index (Phi) is 11.3. The molecule has 2 heterocycles. The number of halogens is 7. The Bertz CT molecular complexity index is 1380. The van der Waals surface area contributed by atoms with Crippen molar-refractivity contribution < 1.29 is 40.6 Å². The Morgan fingerprint density at radius 2 is 1.75 bits per heavy atom. The average Bonchev–Trinajstić information content (AvgIpc) is 2.89. The minimum absolute atomic E-state index is 0.146. The second-order valence-corrected chi connectivity index (χ2v) is 8.27. The second kappa shape index (κ2) is 14.2. The molecule has 1 aromatic carbocycles. The van der Waals surface area contributed by atoms with Gasteiger partial charge in [0.1, 0.15) is 0 Å². The van der Waals surface area contributed by atoms with Crippen LogP contribution in [0.2, 0.25) is 0 Å². The first-order chi connectivity index (χ1) is 18.8. The SMILES string of the molecule is CCCCCN(C)/C=C\c1cc(-c2ncc(C(F)F)cn2)c(F)c(F)c1C=O.O=c1[nH]ncc(O)c1C(F)(F)F. The number of unbranched alkanes of at least 4 members (excludes halogenated alkanes) is 2. The molecule has 0 saturated carbocycles. The van der Waals surface area contributed by atoms with E-state index in [0.717, 1.165) is 38.2 Å². The van der Waals surface area contributed by atoms with Crippen LogP contribution in [0.3, 0.4) is 0 Å². The van der Waals surface area contributed by atoms with Gasteiger partial charge < -0.3 is 10.0 Å². The molecular formula is C25H24F7N5O3. The fourth-order valence-corrected chi connectivity index (χ4v) is 3.23. The molecule has 0 aliphatic rings. The lowest BCUT2D eigenvalue weighted by Gasteiger charge is -2.14. The summed E-state index contributed by atoms with van der Waals surface area (Å²) in [5, 5.41) is 13.2. The summed E-state index contributed by atoms with van der Waals surface area (Å²) in [6.45, 7) is 2.86. The van der Waals surface area contributed by atoms with E-state index < -0.39 is 52.2 Å². The molecule has 2 aromatic heterocycles. The van der Waals surface area contributed by atoms with E-state index in [9.17, 15) is 40.3 Å². The number of carbonyl (C=O) groups is 1.